The second kappa shape index (κ2) is 9.83. The number of benzene rings is 3. The van der Waals surface area contributed by atoms with Crippen molar-refractivity contribution in [2.45, 2.75) is 11.4 Å². The molecule has 3 aromatic carbocycles. The van der Waals surface area contributed by atoms with Crippen molar-refractivity contribution in [2.24, 2.45) is 0 Å². The minimum atomic E-state index is -3.61. The number of ether oxygens (including phenoxy) is 1. The van der Waals surface area contributed by atoms with Crippen LogP contribution in [0.4, 0.5) is 5.82 Å². The number of nitrogen functional groups attached to an aromatic ring is 1. The molecule has 35 heavy (non-hydrogen) atoms. The van der Waals surface area contributed by atoms with E-state index in [1.54, 1.807) is 18.5 Å². The van der Waals surface area contributed by atoms with Crippen molar-refractivity contribution >= 4 is 37.8 Å². The first-order chi connectivity index (χ1) is 17.0. The summed E-state index contributed by atoms with van der Waals surface area (Å²) >= 11 is 0. The van der Waals surface area contributed by atoms with Crippen LogP contribution in [-0.4, -0.2) is 42.7 Å². The zero-order valence-corrected chi connectivity index (χ0v) is 19.8. The smallest absolute Gasteiger partial charge is 0.240 e. The van der Waals surface area contributed by atoms with Crippen molar-refractivity contribution < 1.29 is 13.2 Å². The molecule has 0 radical (unpaired) electrons. The van der Waals surface area contributed by atoms with E-state index >= 15 is 0 Å². The Morgan fingerprint density at radius 1 is 0.886 bits per heavy atom. The number of pyridine rings is 1. The lowest BCUT2D eigenvalue weighted by Crippen LogP contribution is -2.27. The van der Waals surface area contributed by atoms with Gasteiger partial charge in [0.2, 0.25) is 10.0 Å². The minimum absolute atomic E-state index is 0.174. The monoisotopic (exact) mass is 487 g/mol. The van der Waals surface area contributed by atoms with E-state index in [9.17, 15) is 8.42 Å². The van der Waals surface area contributed by atoms with Crippen LogP contribution in [0, 0.1) is 0 Å². The van der Waals surface area contributed by atoms with Crippen molar-refractivity contribution in [3.63, 3.8) is 0 Å². The molecule has 0 atom stereocenters. The molecule has 178 valence electrons. The first-order valence-electron chi connectivity index (χ1n) is 11.2. The largest absolute Gasteiger partial charge is 0.382 e. The Morgan fingerprint density at radius 3 is 2.40 bits per heavy atom. The summed E-state index contributed by atoms with van der Waals surface area (Å²) in [5.74, 6) is 0.393. The maximum Gasteiger partial charge on any atom is 0.240 e. The summed E-state index contributed by atoms with van der Waals surface area (Å²) in [5.41, 5.74) is 10.5. The van der Waals surface area contributed by atoms with Gasteiger partial charge in [-0.05, 0) is 29.3 Å². The van der Waals surface area contributed by atoms with Gasteiger partial charge in [-0.2, -0.15) is 0 Å². The number of nitrogens with one attached hydrogen (secondary N) is 1. The van der Waals surface area contributed by atoms with Crippen LogP contribution in [0.15, 0.2) is 90.1 Å². The highest BCUT2D eigenvalue weighted by atomic mass is 32.2. The highest BCUT2D eigenvalue weighted by Crippen LogP contribution is 2.27. The molecule has 0 saturated carbocycles. The number of para-hydroxylation sites is 1. The highest BCUT2D eigenvalue weighted by molar-refractivity contribution is 7.89. The van der Waals surface area contributed by atoms with Crippen LogP contribution in [0.2, 0.25) is 0 Å². The van der Waals surface area contributed by atoms with Crippen LogP contribution in [0.1, 0.15) is 0 Å². The van der Waals surface area contributed by atoms with Gasteiger partial charge in [-0.1, -0.05) is 60.7 Å². The molecule has 0 bridgehead atoms. The predicted molar refractivity (Wildman–Crippen MR) is 137 cm³/mol. The van der Waals surface area contributed by atoms with Crippen LogP contribution in [-0.2, 0) is 21.3 Å². The second-order valence-electron chi connectivity index (χ2n) is 8.05. The van der Waals surface area contributed by atoms with Crippen molar-refractivity contribution in [2.75, 3.05) is 25.5 Å². The summed E-state index contributed by atoms with van der Waals surface area (Å²) in [6.07, 6.45) is 1.72. The fraction of sp³-hybridized carbons (Fsp3) is 0.154. The van der Waals surface area contributed by atoms with E-state index < -0.39 is 10.0 Å². The molecule has 0 fully saturated rings. The summed E-state index contributed by atoms with van der Waals surface area (Å²) in [6.45, 7) is 1.37. The zero-order chi connectivity index (χ0) is 24.3. The van der Waals surface area contributed by atoms with E-state index in [0.717, 1.165) is 27.5 Å². The second-order valence-corrected chi connectivity index (χ2v) is 9.82. The van der Waals surface area contributed by atoms with Crippen molar-refractivity contribution in [3.8, 4) is 11.1 Å². The molecule has 5 rings (SSSR count). The van der Waals surface area contributed by atoms with E-state index in [-0.39, 0.29) is 18.0 Å². The number of hydrogen-bond acceptors (Lipinski definition) is 6. The number of aromatic nitrogens is 3. The Morgan fingerprint density at radius 2 is 1.60 bits per heavy atom. The van der Waals surface area contributed by atoms with E-state index in [2.05, 4.69) is 14.7 Å². The Bertz CT molecular complexity index is 1570. The summed E-state index contributed by atoms with van der Waals surface area (Å²) < 4.78 is 35.5. The lowest BCUT2D eigenvalue weighted by Gasteiger charge is -2.10. The van der Waals surface area contributed by atoms with Gasteiger partial charge in [0.05, 0.1) is 35.5 Å². The lowest BCUT2D eigenvalue weighted by atomic mass is 10.1. The first-order valence-corrected chi connectivity index (χ1v) is 12.7. The van der Waals surface area contributed by atoms with Gasteiger partial charge in [0.25, 0.3) is 0 Å². The van der Waals surface area contributed by atoms with Crippen LogP contribution in [0.3, 0.4) is 0 Å². The Kier molecular flexibility index (Phi) is 6.45. The Labute approximate surface area is 203 Å². The Balaban J connectivity index is 1.15. The van der Waals surface area contributed by atoms with E-state index in [1.807, 2.05) is 71.3 Å². The summed E-state index contributed by atoms with van der Waals surface area (Å²) in [5, 5.41) is 0.972. The molecular formula is C26H25N5O3S. The van der Waals surface area contributed by atoms with Gasteiger partial charge in [0.15, 0.2) is 5.82 Å². The molecule has 0 aliphatic heterocycles. The number of nitrogens with two attached hydrogens (primary N) is 1. The van der Waals surface area contributed by atoms with Gasteiger partial charge in [-0.3, -0.25) is 0 Å². The number of imidazole rings is 1. The third-order valence-corrected chi connectivity index (χ3v) is 7.24. The third kappa shape index (κ3) is 4.88. The SMILES string of the molecule is Nc1nc2ccccc2c2c1ncn2CCOCCNS(=O)(=O)c1ccc(-c2ccccc2)cc1. The molecule has 0 spiro atoms. The normalized spacial score (nSPS) is 11.9. The number of sulfonamides is 1. The molecule has 3 N–H and O–H groups in total. The number of hydrogen-bond donors (Lipinski definition) is 2. The molecule has 5 aromatic rings. The molecular weight excluding hydrogens is 462 g/mol. The minimum Gasteiger partial charge on any atom is -0.382 e. The van der Waals surface area contributed by atoms with E-state index in [1.165, 1.54) is 0 Å². The highest BCUT2D eigenvalue weighted by Gasteiger charge is 2.14. The van der Waals surface area contributed by atoms with Crippen LogP contribution >= 0.6 is 0 Å². The van der Waals surface area contributed by atoms with Crippen molar-refractivity contribution in [1.82, 2.24) is 19.3 Å². The molecule has 8 nitrogen and oxygen atoms in total. The van der Waals surface area contributed by atoms with Crippen LogP contribution < -0.4 is 10.5 Å². The standard InChI is InChI=1S/C26H25N5O3S/c27-26-24-25(22-8-4-5-9-23(22)30-26)31(18-28-24)15-17-34-16-14-29-35(32,33)21-12-10-20(11-13-21)19-6-2-1-3-7-19/h1-13,18,29H,14-17H2,(H2,27,30). The molecule has 2 heterocycles. The van der Waals surface area contributed by atoms with Crippen molar-refractivity contribution in [1.29, 1.82) is 0 Å². The predicted octanol–water partition coefficient (Wildman–Crippen LogP) is 3.83. The van der Waals surface area contributed by atoms with Gasteiger partial charge in [-0.15, -0.1) is 0 Å². The first kappa shape index (κ1) is 23.0. The van der Waals surface area contributed by atoms with Gasteiger partial charge in [0, 0.05) is 18.5 Å². The number of anilines is 1. The maximum atomic E-state index is 12.6. The van der Waals surface area contributed by atoms with E-state index in [0.29, 0.717) is 24.5 Å². The van der Waals surface area contributed by atoms with Crippen LogP contribution in [0.5, 0.6) is 0 Å². The Hall–Kier alpha value is -3.79. The van der Waals surface area contributed by atoms with Gasteiger partial charge >= 0.3 is 0 Å². The average molecular weight is 488 g/mol. The zero-order valence-electron chi connectivity index (χ0n) is 19.0. The van der Waals surface area contributed by atoms with Crippen LogP contribution in [0.25, 0.3) is 33.1 Å². The fourth-order valence-electron chi connectivity index (χ4n) is 4.03. The number of rotatable bonds is 9. The molecule has 0 amide bonds. The van der Waals surface area contributed by atoms with Gasteiger partial charge in [0.1, 0.15) is 5.52 Å². The average Bonchev–Trinajstić information content (AvgIpc) is 3.32. The molecule has 2 aromatic heterocycles. The van der Waals surface area contributed by atoms with Crippen molar-refractivity contribution in [3.05, 3.63) is 85.2 Å². The molecule has 0 saturated heterocycles. The number of fused-ring (bicyclic) bond motifs is 3. The molecule has 0 aliphatic rings. The molecule has 0 aliphatic carbocycles. The third-order valence-electron chi connectivity index (χ3n) is 5.77. The lowest BCUT2D eigenvalue weighted by molar-refractivity contribution is 0.132. The molecule has 9 heteroatoms. The van der Waals surface area contributed by atoms with Gasteiger partial charge < -0.3 is 15.0 Å². The quantitative estimate of drug-likeness (QED) is 0.306. The number of nitrogens with zero attached hydrogens (tertiary/aromatic N) is 3. The summed E-state index contributed by atoms with van der Waals surface area (Å²) in [7, 11) is -3.61. The summed E-state index contributed by atoms with van der Waals surface area (Å²) in [4.78, 5) is 9.04. The topological polar surface area (TPSA) is 112 Å². The van der Waals surface area contributed by atoms with E-state index in [4.69, 9.17) is 10.5 Å². The molecule has 0 unspecified atom stereocenters. The fourth-order valence-corrected chi connectivity index (χ4v) is 5.04. The maximum absolute atomic E-state index is 12.6. The summed E-state index contributed by atoms with van der Waals surface area (Å²) in [6, 6.07) is 24.4. The van der Waals surface area contributed by atoms with Gasteiger partial charge in [-0.25, -0.2) is 23.1 Å².